The van der Waals surface area contributed by atoms with E-state index in [1.165, 1.54) is 0 Å². The third-order valence-corrected chi connectivity index (χ3v) is 3.20. The summed E-state index contributed by atoms with van der Waals surface area (Å²) < 4.78 is 6.84. The number of ether oxygens (including phenoxy) is 1. The molecular weight excluding hydrogens is 270 g/mol. The molecule has 1 N–H and O–H groups in total. The summed E-state index contributed by atoms with van der Waals surface area (Å²) in [6.45, 7) is 4.85. The third kappa shape index (κ3) is 3.39. The van der Waals surface area contributed by atoms with Crippen LogP contribution in [0.3, 0.4) is 0 Å². The summed E-state index contributed by atoms with van der Waals surface area (Å²) in [5.74, 6) is 0.0877. The molecular formula is C15H19N3O3. The third-order valence-electron chi connectivity index (χ3n) is 3.20. The van der Waals surface area contributed by atoms with Gasteiger partial charge in [-0.3, -0.25) is 0 Å². The molecule has 0 amide bonds. The van der Waals surface area contributed by atoms with Crippen LogP contribution in [-0.4, -0.2) is 33.2 Å². The number of hydrogen-bond donors (Lipinski definition) is 1. The number of aryl methyl sites for hydroxylation is 1. The zero-order chi connectivity index (χ0) is 15.4. The van der Waals surface area contributed by atoms with E-state index >= 15 is 0 Å². The van der Waals surface area contributed by atoms with Crippen LogP contribution in [0.4, 0.5) is 0 Å². The first-order valence-corrected chi connectivity index (χ1v) is 6.84. The van der Waals surface area contributed by atoms with Crippen LogP contribution in [0.15, 0.2) is 24.3 Å². The minimum atomic E-state index is -1.08. The van der Waals surface area contributed by atoms with Crippen LogP contribution in [0.5, 0.6) is 5.75 Å². The fourth-order valence-electron chi connectivity index (χ4n) is 2.05. The number of rotatable bonds is 6. The van der Waals surface area contributed by atoms with Crippen molar-refractivity contribution in [1.82, 2.24) is 15.0 Å². The Labute approximate surface area is 123 Å². The van der Waals surface area contributed by atoms with Crippen molar-refractivity contribution >= 4 is 5.97 Å². The maximum absolute atomic E-state index is 11.4. The Kier molecular flexibility index (Phi) is 4.57. The Hall–Kier alpha value is -2.37. The first kappa shape index (κ1) is 15.0. The Morgan fingerprint density at radius 2 is 2.19 bits per heavy atom. The molecule has 0 aliphatic heterocycles. The van der Waals surface area contributed by atoms with Crippen molar-refractivity contribution in [2.75, 3.05) is 7.11 Å². The molecule has 0 saturated carbocycles. The highest BCUT2D eigenvalue weighted by atomic mass is 16.5. The van der Waals surface area contributed by atoms with Crippen LogP contribution in [0, 0.1) is 5.92 Å². The van der Waals surface area contributed by atoms with Crippen molar-refractivity contribution in [2.24, 2.45) is 5.92 Å². The smallest absolute Gasteiger partial charge is 0.358 e. The van der Waals surface area contributed by atoms with Gasteiger partial charge in [-0.2, -0.15) is 0 Å². The van der Waals surface area contributed by atoms with Crippen molar-refractivity contribution in [1.29, 1.82) is 0 Å². The molecule has 0 bridgehead atoms. The second kappa shape index (κ2) is 6.39. The summed E-state index contributed by atoms with van der Waals surface area (Å²) in [5, 5.41) is 17.1. The predicted molar refractivity (Wildman–Crippen MR) is 78.4 cm³/mol. The van der Waals surface area contributed by atoms with Gasteiger partial charge in [0, 0.05) is 12.1 Å². The number of aromatic nitrogens is 3. The topological polar surface area (TPSA) is 77.2 Å². The van der Waals surface area contributed by atoms with Gasteiger partial charge in [0.25, 0.3) is 0 Å². The summed E-state index contributed by atoms with van der Waals surface area (Å²) in [7, 11) is 1.57. The zero-order valence-corrected chi connectivity index (χ0v) is 12.4. The average molecular weight is 289 g/mol. The van der Waals surface area contributed by atoms with E-state index in [4.69, 9.17) is 4.74 Å². The summed E-state index contributed by atoms with van der Waals surface area (Å²) in [6.07, 6.45) is 0.902. The highest BCUT2D eigenvalue weighted by molar-refractivity contribution is 5.92. The molecule has 0 fully saturated rings. The molecule has 21 heavy (non-hydrogen) atoms. The number of methoxy groups -OCH3 is 1. The Balaban J connectivity index is 2.47. The molecule has 0 spiro atoms. The molecule has 0 atom stereocenters. The summed E-state index contributed by atoms with van der Waals surface area (Å²) >= 11 is 0. The van der Waals surface area contributed by atoms with Crippen molar-refractivity contribution in [2.45, 2.75) is 26.8 Å². The van der Waals surface area contributed by atoms with E-state index < -0.39 is 5.97 Å². The second-order valence-corrected chi connectivity index (χ2v) is 5.23. The Morgan fingerprint density at radius 3 is 2.81 bits per heavy atom. The standard InChI is InChI=1S/C15H19N3O3/c1-10(2)7-8-18-14(13(15(19)20)16-17-18)11-5-4-6-12(9-11)21-3/h4-6,9-10H,7-8H2,1-3H3,(H,19,20). The van der Waals surface area contributed by atoms with Gasteiger partial charge < -0.3 is 9.84 Å². The van der Waals surface area contributed by atoms with Crippen LogP contribution in [0.1, 0.15) is 30.8 Å². The Morgan fingerprint density at radius 1 is 1.43 bits per heavy atom. The van der Waals surface area contributed by atoms with Crippen LogP contribution < -0.4 is 4.74 Å². The van der Waals surface area contributed by atoms with Crippen molar-refractivity contribution < 1.29 is 14.6 Å². The number of hydrogen-bond acceptors (Lipinski definition) is 4. The van der Waals surface area contributed by atoms with Crippen molar-refractivity contribution in [3.8, 4) is 17.0 Å². The lowest BCUT2D eigenvalue weighted by atomic mass is 10.1. The van der Waals surface area contributed by atoms with E-state index in [0.717, 1.165) is 12.0 Å². The molecule has 1 aromatic carbocycles. The number of carboxylic acid groups (broad SMARTS) is 1. The maximum atomic E-state index is 11.4. The highest BCUT2D eigenvalue weighted by Gasteiger charge is 2.20. The van der Waals surface area contributed by atoms with Crippen LogP contribution in [-0.2, 0) is 6.54 Å². The molecule has 0 radical (unpaired) electrons. The van der Waals surface area contributed by atoms with Gasteiger partial charge in [0.15, 0.2) is 5.69 Å². The molecule has 6 heteroatoms. The molecule has 0 aliphatic carbocycles. The highest BCUT2D eigenvalue weighted by Crippen LogP contribution is 2.26. The van der Waals surface area contributed by atoms with Gasteiger partial charge in [0.1, 0.15) is 11.4 Å². The quantitative estimate of drug-likeness (QED) is 0.884. The van der Waals surface area contributed by atoms with E-state index in [0.29, 0.717) is 23.9 Å². The van der Waals surface area contributed by atoms with Gasteiger partial charge in [-0.05, 0) is 24.5 Å². The van der Waals surface area contributed by atoms with Gasteiger partial charge in [-0.15, -0.1) is 5.10 Å². The first-order chi connectivity index (χ1) is 10.0. The van der Waals surface area contributed by atoms with Crippen molar-refractivity contribution in [3.05, 3.63) is 30.0 Å². The van der Waals surface area contributed by atoms with Gasteiger partial charge in [-0.25, -0.2) is 9.48 Å². The summed E-state index contributed by atoms with van der Waals surface area (Å²) in [5.41, 5.74) is 1.22. The molecule has 1 heterocycles. The Bertz CT molecular complexity index is 635. The molecule has 0 aliphatic rings. The number of carboxylic acids is 1. The van der Waals surface area contributed by atoms with E-state index in [1.54, 1.807) is 17.9 Å². The normalized spacial score (nSPS) is 10.9. The van der Waals surface area contributed by atoms with Gasteiger partial charge in [0.2, 0.25) is 0 Å². The minimum Gasteiger partial charge on any atom is -0.497 e. The second-order valence-electron chi connectivity index (χ2n) is 5.23. The lowest BCUT2D eigenvalue weighted by Crippen LogP contribution is -2.07. The zero-order valence-electron chi connectivity index (χ0n) is 12.4. The molecule has 0 unspecified atom stereocenters. The van der Waals surface area contributed by atoms with Crippen LogP contribution in [0.2, 0.25) is 0 Å². The minimum absolute atomic E-state index is 0.0352. The molecule has 6 nitrogen and oxygen atoms in total. The van der Waals surface area contributed by atoms with E-state index in [9.17, 15) is 9.90 Å². The average Bonchev–Trinajstić information content (AvgIpc) is 2.89. The number of benzene rings is 1. The molecule has 1 aromatic heterocycles. The predicted octanol–water partition coefficient (Wildman–Crippen LogP) is 2.70. The number of nitrogens with zero attached hydrogens (tertiary/aromatic N) is 3. The molecule has 112 valence electrons. The number of carbonyl (C=O) groups is 1. The maximum Gasteiger partial charge on any atom is 0.358 e. The van der Waals surface area contributed by atoms with Gasteiger partial charge in [-0.1, -0.05) is 31.2 Å². The molecule has 2 rings (SSSR count). The monoisotopic (exact) mass is 289 g/mol. The molecule has 0 saturated heterocycles. The SMILES string of the molecule is COc1cccc(-c2c(C(=O)O)nnn2CCC(C)C)c1. The first-order valence-electron chi connectivity index (χ1n) is 6.84. The van der Waals surface area contributed by atoms with E-state index in [-0.39, 0.29) is 5.69 Å². The lowest BCUT2D eigenvalue weighted by molar-refractivity contribution is 0.0691. The molecule has 2 aromatic rings. The number of aromatic carboxylic acids is 1. The fourth-order valence-corrected chi connectivity index (χ4v) is 2.05. The lowest BCUT2D eigenvalue weighted by Gasteiger charge is -2.10. The summed E-state index contributed by atoms with van der Waals surface area (Å²) in [6, 6.07) is 7.25. The van der Waals surface area contributed by atoms with Crippen LogP contribution >= 0.6 is 0 Å². The summed E-state index contributed by atoms with van der Waals surface area (Å²) in [4.78, 5) is 11.4. The van der Waals surface area contributed by atoms with Crippen LogP contribution in [0.25, 0.3) is 11.3 Å². The fraction of sp³-hybridized carbons (Fsp3) is 0.400. The van der Waals surface area contributed by atoms with Gasteiger partial charge in [0.05, 0.1) is 7.11 Å². The van der Waals surface area contributed by atoms with E-state index in [1.807, 2.05) is 18.2 Å². The van der Waals surface area contributed by atoms with Gasteiger partial charge >= 0.3 is 5.97 Å². The largest absolute Gasteiger partial charge is 0.497 e. The van der Waals surface area contributed by atoms with Crippen molar-refractivity contribution in [3.63, 3.8) is 0 Å². The van der Waals surface area contributed by atoms with E-state index in [2.05, 4.69) is 24.2 Å².